The number of ether oxygens (including phenoxy) is 2. The molecular formula is C24H48O5. The Balaban J connectivity index is 4.22. The van der Waals surface area contributed by atoms with Crippen molar-refractivity contribution in [3.8, 4) is 0 Å². The number of carbonyl (C=O) groups is 1. The second kappa shape index (κ2) is 20.6. The van der Waals surface area contributed by atoms with Gasteiger partial charge in [0.05, 0.1) is 18.1 Å². The van der Waals surface area contributed by atoms with Gasteiger partial charge in [-0.3, -0.25) is 4.79 Å². The molecular weight excluding hydrogens is 368 g/mol. The Bertz CT molecular complexity index is 361. The van der Waals surface area contributed by atoms with Crippen molar-refractivity contribution in [2.45, 2.75) is 129 Å². The van der Waals surface area contributed by atoms with Gasteiger partial charge in [0, 0.05) is 13.5 Å². The van der Waals surface area contributed by atoms with Gasteiger partial charge < -0.3 is 19.7 Å². The molecule has 0 aliphatic rings. The molecule has 0 unspecified atom stereocenters. The van der Waals surface area contributed by atoms with Crippen LogP contribution in [0.4, 0.5) is 0 Å². The van der Waals surface area contributed by atoms with Crippen LogP contribution in [0, 0.1) is 5.92 Å². The fourth-order valence-corrected chi connectivity index (χ4v) is 3.82. The molecule has 0 saturated heterocycles. The van der Waals surface area contributed by atoms with Crippen molar-refractivity contribution >= 4 is 5.97 Å². The van der Waals surface area contributed by atoms with Crippen LogP contribution in [0.5, 0.6) is 0 Å². The van der Waals surface area contributed by atoms with Crippen LogP contribution < -0.4 is 0 Å². The van der Waals surface area contributed by atoms with Gasteiger partial charge in [-0.15, -0.1) is 0 Å². The van der Waals surface area contributed by atoms with E-state index in [1.807, 2.05) is 0 Å². The summed E-state index contributed by atoms with van der Waals surface area (Å²) in [5, 5.41) is 20.1. The molecule has 0 aromatic rings. The number of methoxy groups -OCH3 is 1. The summed E-state index contributed by atoms with van der Waals surface area (Å²) in [4.78, 5) is 11.6. The van der Waals surface area contributed by atoms with Crippen molar-refractivity contribution in [1.82, 2.24) is 0 Å². The zero-order valence-corrected chi connectivity index (χ0v) is 19.4. The van der Waals surface area contributed by atoms with Crippen LogP contribution in [0.1, 0.15) is 117 Å². The molecule has 174 valence electrons. The van der Waals surface area contributed by atoms with Crippen LogP contribution in [0.2, 0.25) is 0 Å². The van der Waals surface area contributed by atoms with Gasteiger partial charge in [0.1, 0.15) is 6.79 Å². The van der Waals surface area contributed by atoms with Gasteiger partial charge in [-0.05, 0) is 12.8 Å². The Kier molecular flexibility index (Phi) is 20.2. The maximum absolute atomic E-state index is 11.6. The molecule has 0 aliphatic heterocycles. The fourth-order valence-electron chi connectivity index (χ4n) is 3.82. The van der Waals surface area contributed by atoms with Crippen molar-refractivity contribution in [2.75, 3.05) is 13.9 Å². The first-order valence-corrected chi connectivity index (χ1v) is 12.1. The SMILES string of the molecule is CCCCCCCCCCC[C@H](C[C@H](O)[C@H](CCCCCC)C(=O)O)OCOC. The molecule has 0 aliphatic carbocycles. The minimum atomic E-state index is -0.900. The van der Waals surface area contributed by atoms with Crippen LogP contribution in [0.3, 0.4) is 0 Å². The number of aliphatic hydroxyl groups excluding tert-OH is 1. The average Bonchev–Trinajstić information content (AvgIpc) is 2.70. The second-order valence-corrected chi connectivity index (χ2v) is 8.41. The summed E-state index contributed by atoms with van der Waals surface area (Å²) in [5.41, 5.74) is 0. The lowest BCUT2D eigenvalue weighted by Gasteiger charge is -2.24. The second-order valence-electron chi connectivity index (χ2n) is 8.41. The van der Waals surface area contributed by atoms with Crippen molar-refractivity contribution < 1.29 is 24.5 Å². The molecule has 0 amide bonds. The molecule has 0 rings (SSSR count). The molecule has 5 nitrogen and oxygen atoms in total. The molecule has 0 fully saturated rings. The number of hydrogen-bond acceptors (Lipinski definition) is 4. The Morgan fingerprint density at radius 1 is 0.793 bits per heavy atom. The van der Waals surface area contributed by atoms with E-state index in [1.165, 1.54) is 44.9 Å². The van der Waals surface area contributed by atoms with E-state index < -0.39 is 18.0 Å². The van der Waals surface area contributed by atoms with Gasteiger partial charge in [0.2, 0.25) is 0 Å². The summed E-state index contributed by atoms with van der Waals surface area (Å²) >= 11 is 0. The van der Waals surface area contributed by atoms with Gasteiger partial charge in [0.25, 0.3) is 0 Å². The number of carboxylic acid groups (broad SMARTS) is 1. The van der Waals surface area contributed by atoms with Gasteiger partial charge in [-0.25, -0.2) is 0 Å². The smallest absolute Gasteiger partial charge is 0.309 e. The lowest BCUT2D eigenvalue weighted by Crippen LogP contribution is -2.32. The van der Waals surface area contributed by atoms with Crippen LogP contribution >= 0.6 is 0 Å². The normalized spacial score (nSPS) is 14.6. The number of hydrogen-bond donors (Lipinski definition) is 2. The first-order valence-electron chi connectivity index (χ1n) is 12.1. The Hall–Kier alpha value is -0.650. The summed E-state index contributed by atoms with van der Waals surface area (Å²) in [6.45, 7) is 4.56. The van der Waals surface area contributed by atoms with Gasteiger partial charge >= 0.3 is 5.97 Å². The largest absolute Gasteiger partial charge is 0.481 e. The van der Waals surface area contributed by atoms with Crippen LogP contribution in [0.15, 0.2) is 0 Å². The van der Waals surface area contributed by atoms with Gasteiger partial charge in [0.15, 0.2) is 0 Å². The zero-order chi connectivity index (χ0) is 21.7. The van der Waals surface area contributed by atoms with E-state index in [4.69, 9.17) is 9.47 Å². The van der Waals surface area contributed by atoms with E-state index in [2.05, 4.69) is 13.8 Å². The monoisotopic (exact) mass is 416 g/mol. The van der Waals surface area contributed by atoms with Crippen molar-refractivity contribution in [2.24, 2.45) is 5.92 Å². The summed E-state index contributed by atoms with van der Waals surface area (Å²) < 4.78 is 10.8. The number of aliphatic carboxylic acids is 1. The third kappa shape index (κ3) is 16.8. The van der Waals surface area contributed by atoms with Crippen molar-refractivity contribution in [3.05, 3.63) is 0 Å². The molecule has 2 N–H and O–H groups in total. The maximum atomic E-state index is 11.6. The quantitative estimate of drug-likeness (QED) is 0.159. The first kappa shape index (κ1) is 28.4. The molecule has 29 heavy (non-hydrogen) atoms. The highest BCUT2D eigenvalue weighted by Gasteiger charge is 2.28. The van der Waals surface area contributed by atoms with E-state index in [0.29, 0.717) is 12.8 Å². The molecule has 3 atom stereocenters. The van der Waals surface area contributed by atoms with E-state index in [1.54, 1.807) is 7.11 Å². The number of unbranched alkanes of at least 4 members (excludes halogenated alkanes) is 11. The van der Waals surface area contributed by atoms with Crippen LogP contribution in [0.25, 0.3) is 0 Å². The third-order valence-electron chi connectivity index (χ3n) is 5.71. The topological polar surface area (TPSA) is 76.0 Å². The standard InChI is InChI=1S/C24H48O5/c1-4-6-8-10-11-12-13-14-15-17-21(29-20-28-3)19-23(25)22(24(26)27)18-16-9-7-5-2/h21-23,25H,4-20H2,1-3H3,(H,26,27)/t21-,22+,23+/m1/s1. The Labute approximate surface area is 179 Å². The summed E-state index contributed by atoms with van der Waals surface area (Å²) in [7, 11) is 1.58. The maximum Gasteiger partial charge on any atom is 0.309 e. The summed E-state index contributed by atoms with van der Waals surface area (Å²) in [6.07, 6.45) is 16.2. The number of carboxylic acids is 1. The van der Waals surface area contributed by atoms with E-state index >= 15 is 0 Å². The Morgan fingerprint density at radius 3 is 1.79 bits per heavy atom. The minimum absolute atomic E-state index is 0.146. The van der Waals surface area contributed by atoms with Gasteiger partial charge in [-0.2, -0.15) is 0 Å². The highest BCUT2D eigenvalue weighted by atomic mass is 16.7. The average molecular weight is 417 g/mol. The number of rotatable bonds is 22. The van der Waals surface area contributed by atoms with Crippen molar-refractivity contribution in [3.63, 3.8) is 0 Å². The third-order valence-corrected chi connectivity index (χ3v) is 5.71. The highest BCUT2D eigenvalue weighted by Crippen LogP contribution is 2.22. The Morgan fingerprint density at radius 2 is 1.28 bits per heavy atom. The van der Waals surface area contributed by atoms with Crippen LogP contribution in [-0.4, -0.2) is 42.3 Å². The predicted molar refractivity (Wildman–Crippen MR) is 119 cm³/mol. The molecule has 0 spiro atoms. The van der Waals surface area contributed by atoms with E-state index in [-0.39, 0.29) is 12.9 Å². The minimum Gasteiger partial charge on any atom is -0.481 e. The number of aliphatic hydroxyl groups is 1. The van der Waals surface area contributed by atoms with E-state index in [9.17, 15) is 15.0 Å². The van der Waals surface area contributed by atoms with E-state index in [0.717, 1.165) is 44.9 Å². The van der Waals surface area contributed by atoms with Crippen LogP contribution in [-0.2, 0) is 14.3 Å². The lowest BCUT2D eigenvalue weighted by atomic mass is 9.90. The zero-order valence-electron chi connectivity index (χ0n) is 19.4. The summed E-state index contributed by atoms with van der Waals surface area (Å²) in [5.74, 6) is -1.61. The first-order chi connectivity index (χ1) is 14.1. The molecule has 0 radical (unpaired) electrons. The molecule has 0 heterocycles. The molecule has 0 bridgehead atoms. The molecule has 0 aromatic heterocycles. The fraction of sp³-hybridized carbons (Fsp3) is 0.958. The molecule has 0 saturated carbocycles. The molecule has 0 aromatic carbocycles. The summed E-state index contributed by atoms with van der Waals surface area (Å²) in [6, 6.07) is 0. The highest BCUT2D eigenvalue weighted by molar-refractivity contribution is 5.70. The van der Waals surface area contributed by atoms with Crippen molar-refractivity contribution in [1.29, 1.82) is 0 Å². The lowest BCUT2D eigenvalue weighted by molar-refractivity contribution is -0.148. The van der Waals surface area contributed by atoms with Gasteiger partial charge in [-0.1, -0.05) is 97.3 Å². The molecule has 5 heteroatoms. The predicted octanol–water partition coefficient (Wildman–Crippen LogP) is 6.32.